The topological polar surface area (TPSA) is 72.5 Å². The Morgan fingerprint density at radius 1 is 0.552 bits per heavy atom. The number of esters is 1. The largest absolute Gasteiger partial charge is 0.497 e. The van der Waals surface area contributed by atoms with E-state index in [2.05, 4.69) is 48.5 Å². The highest BCUT2D eigenvalue weighted by Gasteiger charge is 2.58. The van der Waals surface area contributed by atoms with Gasteiger partial charge in [-0.15, -0.1) is 0 Å². The van der Waals surface area contributed by atoms with Crippen molar-refractivity contribution < 1.29 is 33.2 Å². The molecule has 0 N–H and O–H groups in total. The quantitative estimate of drug-likeness (QED) is 0.0805. The molecule has 1 aliphatic carbocycles. The Kier molecular flexibility index (Phi) is 14.2. The van der Waals surface area contributed by atoms with Crippen molar-refractivity contribution in [1.29, 1.82) is 0 Å². The zero-order chi connectivity index (χ0) is 40.0. The van der Waals surface area contributed by atoms with Gasteiger partial charge in [-0.1, -0.05) is 158 Å². The summed E-state index contributed by atoms with van der Waals surface area (Å²) < 4.78 is 39.8. The molecule has 0 bridgehead atoms. The minimum Gasteiger partial charge on any atom is -0.497 e. The van der Waals surface area contributed by atoms with Crippen molar-refractivity contribution in [2.24, 2.45) is 5.92 Å². The molecule has 0 heterocycles. The van der Waals surface area contributed by atoms with E-state index in [4.69, 9.17) is 28.4 Å². The molecule has 1 unspecified atom stereocenters. The lowest BCUT2D eigenvalue weighted by Crippen LogP contribution is -2.63. The second-order valence-corrected chi connectivity index (χ2v) is 14.9. The van der Waals surface area contributed by atoms with Crippen molar-refractivity contribution in [2.75, 3.05) is 13.7 Å². The fourth-order valence-corrected chi connectivity index (χ4v) is 7.94. The monoisotopic (exact) mass is 776 g/mol. The molecule has 58 heavy (non-hydrogen) atoms. The molecular weight excluding hydrogens is 725 g/mol. The van der Waals surface area contributed by atoms with Gasteiger partial charge in [-0.05, 0) is 57.5 Å². The maximum absolute atomic E-state index is 13.5. The number of carbonyl (C=O) groups excluding carboxylic acids is 1. The molecule has 0 spiro atoms. The van der Waals surface area contributed by atoms with Crippen LogP contribution in [0.1, 0.15) is 52.3 Å². The van der Waals surface area contributed by atoms with Crippen molar-refractivity contribution in [1.82, 2.24) is 0 Å². The van der Waals surface area contributed by atoms with Crippen molar-refractivity contribution >= 4 is 5.97 Å². The Morgan fingerprint density at radius 3 is 1.59 bits per heavy atom. The van der Waals surface area contributed by atoms with Gasteiger partial charge in [0.25, 0.3) is 0 Å². The Labute approximate surface area is 342 Å². The van der Waals surface area contributed by atoms with Gasteiger partial charge in [-0.3, -0.25) is 4.79 Å². The van der Waals surface area contributed by atoms with Gasteiger partial charge >= 0.3 is 5.97 Å². The van der Waals surface area contributed by atoms with Gasteiger partial charge in [0, 0.05) is 19.3 Å². The van der Waals surface area contributed by atoms with Crippen molar-refractivity contribution in [3.05, 3.63) is 209 Å². The molecule has 7 nitrogen and oxygen atoms in total. The predicted octanol–water partition coefficient (Wildman–Crippen LogP) is 10.0. The van der Waals surface area contributed by atoms with Crippen molar-refractivity contribution in [3.63, 3.8) is 0 Å². The highest BCUT2D eigenvalue weighted by molar-refractivity contribution is 5.67. The van der Waals surface area contributed by atoms with Crippen molar-refractivity contribution in [3.8, 4) is 5.75 Å². The number of benzene rings is 6. The standard InChI is InChI=1S/C51H52O7/c1-38(52)58-51(46-25-15-24-44(31-46)30-39-26-28-47(53-2)29-27-39)32-45(37-54-33-40-16-7-3-8-17-40)48(55-34-41-18-9-4-10-19-41)49(56-35-42-20-11-5-12-21-42)50(51)57-36-43-22-13-6-14-23-43/h3-29,31,45,48-50H,30,32-37H2,1-2H3/t45-,48-,49+,50-,51?/m1/s1. The van der Waals surface area contributed by atoms with Gasteiger partial charge in [0.2, 0.25) is 0 Å². The van der Waals surface area contributed by atoms with Crippen LogP contribution in [0.15, 0.2) is 170 Å². The molecule has 0 amide bonds. The third-order valence-corrected chi connectivity index (χ3v) is 10.7. The molecule has 6 aromatic rings. The maximum atomic E-state index is 13.5. The molecule has 1 saturated carbocycles. The van der Waals surface area contributed by atoms with Gasteiger partial charge < -0.3 is 28.4 Å². The van der Waals surface area contributed by atoms with Crippen LogP contribution in [0.25, 0.3) is 0 Å². The third kappa shape index (κ3) is 10.7. The van der Waals surface area contributed by atoms with Crippen LogP contribution < -0.4 is 4.74 Å². The normalized spacial score (nSPS) is 20.3. The summed E-state index contributed by atoms with van der Waals surface area (Å²) in [7, 11) is 1.67. The van der Waals surface area contributed by atoms with E-state index in [9.17, 15) is 4.79 Å². The minimum atomic E-state index is -1.27. The number of carbonyl (C=O) groups is 1. The van der Waals surface area contributed by atoms with Crippen LogP contribution in [0.4, 0.5) is 0 Å². The molecule has 0 radical (unpaired) electrons. The second kappa shape index (κ2) is 20.2. The van der Waals surface area contributed by atoms with Gasteiger partial charge in [-0.25, -0.2) is 0 Å². The lowest BCUT2D eigenvalue weighted by Gasteiger charge is -2.52. The van der Waals surface area contributed by atoms with Gasteiger partial charge in [0.1, 0.15) is 18.0 Å². The number of hydrogen-bond acceptors (Lipinski definition) is 7. The van der Waals surface area contributed by atoms with E-state index in [0.717, 1.165) is 44.7 Å². The van der Waals surface area contributed by atoms with Crippen LogP contribution in [-0.4, -0.2) is 38.0 Å². The van der Waals surface area contributed by atoms with Crippen LogP contribution in [0, 0.1) is 5.92 Å². The first kappa shape index (κ1) is 40.6. The van der Waals surface area contributed by atoms with Crippen molar-refractivity contribution in [2.45, 2.75) is 70.1 Å². The molecule has 0 aliphatic heterocycles. The van der Waals surface area contributed by atoms with Crippen LogP contribution in [0.5, 0.6) is 5.75 Å². The molecule has 1 fully saturated rings. The lowest BCUT2D eigenvalue weighted by molar-refractivity contribution is -0.267. The number of rotatable bonds is 18. The first-order valence-corrected chi connectivity index (χ1v) is 20.0. The van der Waals surface area contributed by atoms with Crippen LogP contribution >= 0.6 is 0 Å². The molecule has 5 atom stereocenters. The molecular formula is C51H52O7. The summed E-state index contributed by atoms with van der Waals surface area (Å²) in [5.41, 5.74) is 5.86. The summed E-state index contributed by atoms with van der Waals surface area (Å²) in [6, 6.07) is 56.8. The van der Waals surface area contributed by atoms with Gasteiger partial charge in [0.05, 0.1) is 46.2 Å². The zero-order valence-corrected chi connectivity index (χ0v) is 33.3. The van der Waals surface area contributed by atoms with Crippen LogP contribution in [0.2, 0.25) is 0 Å². The fourth-order valence-electron chi connectivity index (χ4n) is 7.94. The average molecular weight is 777 g/mol. The molecule has 7 heteroatoms. The highest BCUT2D eigenvalue weighted by Crippen LogP contribution is 2.48. The van der Waals surface area contributed by atoms with E-state index in [-0.39, 0.29) is 12.5 Å². The van der Waals surface area contributed by atoms with E-state index in [1.807, 2.05) is 121 Å². The summed E-state index contributed by atoms with van der Waals surface area (Å²) in [4.78, 5) is 13.5. The Balaban J connectivity index is 1.33. The van der Waals surface area contributed by atoms with E-state index in [0.29, 0.717) is 39.3 Å². The summed E-state index contributed by atoms with van der Waals surface area (Å²) in [5, 5.41) is 0. The second-order valence-electron chi connectivity index (χ2n) is 14.9. The molecule has 298 valence electrons. The summed E-state index contributed by atoms with van der Waals surface area (Å²) in [6.07, 6.45) is -0.910. The number of hydrogen-bond donors (Lipinski definition) is 0. The summed E-state index contributed by atoms with van der Waals surface area (Å²) in [5.74, 6) is 0.121. The van der Waals surface area contributed by atoms with Crippen LogP contribution in [0.3, 0.4) is 0 Å². The Bertz CT molecular complexity index is 2130. The SMILES string of the molecule is COc1ccc(Cc2cccc(C3(OC(C)=O)C[C@H](COCc4ccccc4)[C@@H](OCc4ccccc4)[C@H](OCc4ccccc4)[C@H]3OCc3ccccc3)c2)cc1. The summed E-state index contributed by atoms with van der Waals surface area (Å²) >= 11 is 0. The first-order valence-electron chi connectivity index (χ1n) is 20.0. The highest BCUT2D eigenvalue weighted by atomic mass is 16.6. The zero-order valence-electron chi connectivity index (χ0n) is 33.3. The average Bonchev–Trinajstić information content (AvgIpc) is 3.26. The lowest BCUT2D eigenvalue weighted by atomic mass is 9.68. The van der Waals surface area contributed by atoms with Crippen LogP contribution in [-0.2, 0) is 66.9 Å². The third-order valence-electron chi connectivity index (χ3n) is 10.7. The first-order chi connectivity index (χ1) is 28.5. The smallest absolute Gasteiger partial charge is 0.303 e. The Hall–Kier alpha value is -5.57. The fraction of sp³-hybridized carbons (Fsp3) is 0.275. The molecule has 0 aromatic heterocycles. The number of ether oxygens (including phenoxy) is 6. The predicted molar refractivity (Wildman–Crippen MR) is 225 cm³/mol. The number of methoxy groups -OCH3 is 1. The molecule has 6 aromatic carbocycles. The molecule has 1 aliphatic rings. The minimum absolute atomic E-state index is 0.269. The van der Waals surface area contributed by atoms with Gasteiger partial charge in [0.15, 0.2) is 5.60 Å². The molecule has 0 saturated heterocycles. The Morgan fingerprint density at radius 2 is 1.05 bits per heavy atom. The van der Waals surface area contributed by atoms with E-state index >= 15 is 0 Å². The maximum Gasteiger partial charge on any atom is 0.303 e. The molecule has 7 rings (SSSR count). The van der Waals surface area contributed by atoms with E-state index < -0.39 is 29.9 Å². The van der Waals surface area contributed by atoms with E-state index in [1.54, 1.807) is 7.11 Å². The van der Waals surface area contributed by atoms with Gasteiger partial charge in [-0.2, -0.15) is 0 Å². The summed E-state index contributed by atoms with van der Waals surface area (Å²) in [6.45, 7) is 3.15. The van der Waals surface area contributed by atoms with E-state index in [1.165, 1.54) is 6.92 Å².